The number of imide groups is 1. The average Bonchev–Trinajstić information content (AvgIpc) is 2.72. The SMILES string of the molecule is [N-]=[N+]=Nc1cccc2c1C(=O)N(CCCCCC(=O)Cl)C2=O. The molecule has 1 aromatic carbocycles. The fraction of sp³-hybridized carbons (Fsp3) is 0.357. The molecule has 0 radical (unpaired) electrons. The van der Waals surface area contributed by atoms with Crippen molar-refractivity contribution in [1.82, 2.24) is 4.90 Å². The highest BCUT2D eigenvalue weighted by Gasteiger charge is 2.36. The Bertz CT molecular complexity index is 683. The van der Waals surface area contributed by atoms with Gasteiger partial charge in [-0.2, -0.15) is 0 Å². The van der Waals surface area contributed by atoms with Crippen LogP contribution in [0.3, 0.4) is 0 Å². The Morgan fingerprint density at radius 3 is 2.68 bits per heavy atom. The lowest BCUT2D eigenvalue weighted by Crippen LogP contribution is -2.30. The summed E-state index contributed by atoms with van der Waals surface area (Å²) in [5.74, 6) is -0.833. The van der Waals surface area contributed by atoms with E-state index >= 15 is 0 Å². The van der Waals surface area contributed by atoms with Gasteiger partial charge in [0.05, 0.1) is 16.8 Å². The van der Waals surface area contributed by atoms with E-state index in [2.05, 4.69) is 10.0 Å². The molecule has 114 valence electrons. The van der Waals surface area contributed by atoms with E-state index in [4.69, 9.17) is 17.1 Å². The lowest BCUT2D eigenvalue weighted by atomic mass is 10.1. The van der Waals surface area contributed by atoms with Crippen molar-refractivity contribution in [2.45, 2.75) is 25.7 Å². The van der Waals surface area contributed by atoms with Crippen molar-refractivity contribution < 1.29 is 14.4 Å². The summed E-state index contributed by atoms with van der Waals surface area (Å²) in [6, 6.07) is 4.61. The lowest BCUT2D eigenvalue weighted by Gasteiger charge is -2.13. The molecule has 2 amide bonds. The van der Waals surface area contributed by atoms with Crippen LogP contribution < -0.4 is 0 Å². The van der Waals surface area contributed by atoms with Gasteiger partial charge in [0.2, 0.25) is 5.24 Å². The molecule has 1 aliphatic rings. The van der Waals surface area contributed by atoms with Crippen molar-refractivity contribution in [3.8, 4) is 0 Å². The number of hydrogen-bond acceptors (Lipinski definition) is 4. The monoisotopic (exact) mass is 320 g/mol. The second-order valence-electron chi connectivity index (χ2n) is 4.82. The van der Waals surface area contributed by atoms with Gasteiger partial charge in [-0.1, -0.05) is 23.7 Å². The lowest BCUT2D eigenvalue weighted by molar-refractivity contribution is -0.111. The van der Waals surface area contributed by atoms with Gasteiger partial charge in [0.15, 0.2) is 0 Å². The number of carbonyl (C=O) groups is 3. The molecule has 8 heteroatoms. The van der Waals surface area contributed by atoms with Crippen molar-refractivity contribution in [1.29, 1.82) is 0 Å². The number of hydrogen-bond donors (Lipinski definition) is 0. The van der Waals surface area contributed by atoms with E-state index in [1.807, 2.05) is 0 Å². The maximum absolute atomic E-state index is 12.3. The molecule has 0 saturated carbocycles. The minimum absolute atomic E-state index is 0.154. The Morgan fingerprint density at radius 2 is 2.00 bits per heavy atom. The third-order valence-electron chi connectivity index (χ3n) is 3.38. The minimum atomic E-state index is -0.448. The molecule has 0 aromatic heterocycles. The number of azide groups is 1. The Hall–Kier alpha value is -2.37. The number of carbonyl (C=O) groups excluding carboxylic acids is 3. The zero-order valence-electron chi connectivity index (χ0n) is 11.7. The van der Waals surface area contributed by atoms with Crippen LogP contribution >= 0.6 is 11.6 Å². The van der Waals surface area contributed by atoms with E-state index < -0.39 is 5.91 Å². The number of unbranched alkanes of at least 4 members (excludes halogenated alkanes) is 2. The molecule has 22 heavy (non-hydrogen) atoms. The summed E-state index contributed by atoms with van der Waals surface area (Å²) in [6.45, 7) is 0.262. The topological polar surface area (TPSA) is 103 Å². The molecular weight excluding hydrogens is 308 g/mol. The van der Waals surface area contributed by atoms with Crippen molar-refractivity contribution >= 4 is 34.3 Å². The highest BCUT2D eigenvalue weighted by Crippen LogP contribution is 2.31. The zero-order chi connectivity index (χ0) is 16.1. The van der Waals surface area contributed by atoms with Crippen LogP contribution in [0, 0.1) is 0 Å². The first-order chi connectivity index (χ1) is 10.6. The quantitative estimate of drug-likeness (QED) is 0.191. The fourth-order valence-electron chi connectivity index (χ4n) is 2.36. The summed E-state index contributed by atoms with van der Waals surface area (Å²) in [5, 5.41) is 3.07. The Morgan fingerprint density at radius 1 is 1.23 bits per heavy atom. The summed E-state index contributed by atoms with van der Waals surface area (Å²) in [6.07, 6.45) is 2.18. The molecule has 7 nitrogen and oxygen atoms in total. The van der Waals surface area contributed by atoms with Crippen LogP contribution in [0.4, 0.5) is 5.69 Å². The van der Waals surface area contributed by atoms with Crippen LogP contribution in [-0.4, -0.2) is 28.5 Å². The van der Waals surface area contributed by atoms with Gasteiger partial charge in [0.1, 0.15) is 0 Å². The van der Waals surface area contributed by atoms with E-state index in [1.165, 1.54) is 12.1 Å². The number of rotatable bonds is 7. The molecular formula is C14H13ClN4O3. The number of fused-ring (bicyclic) bond motifs is 1. The highest BCUT2D eigenvalue weighted by molar-refractivity contribution is 6.63. The van der Waals surface area contributed by atoms with E-state index in [0.717, 1.165) is 4.90 Å². The van der Waals surface area contributed by atoms with Gasteiger partial charge in [-0.15, -0.1) is 0 Å². The van der Waals surface area contributed by atoms with Gasteiger partial charge in [0, 0.05) is 17.9 Å². The summed E-state index contributed by atoms with van der Waals surface area (Å²) < 4.78 is 0. The summed E-state index contributed by atoms with van der Waals surface area (Å²) in [4.78, 5) is 39.0. The smallest absolute Gasteiger partial charge is 0.262 e. The number of halogens is 1. The van der Waals surface area contributed by atoms with Crippen molar-refractivity contribution in [3.05, 3.63) is 39.8 Å². The van der Waals surface area contributed by atoms with Crippen molar-refractivity contribution in [2.24, 2.45) is 5.11 Å². The number of nitrogens with zero attached hydrogens (tertiary/aromatic N) is 4. The minimum Gasteiger partial charge on any atom is -0.281 e. The molecule has 0 fully saturated rings. The zero-order valence-corrected chi connectivity index (χ0v) is 12.4. The third kappa shape index (κ3) is 3.27. The predicted octanol–water partition coefficient (Wildman–Crippen LogP) is 3.55. The van der Waals surface area contributed by atoms with E-state index in [9.17, 15) is 14.4 Å². The van der Waals surface area contributed by atoms with Crippen LogP contribution in [-0.2, 0) is 4.79 Å². The Labute approximate surface area is 131 Å². The number of benzene rings is 1. The molecule has 1 aromatic rings. The molecule has 0 N–H and O–H groups in total. The van der Waals surface area contributed by atoms with Gasteiger partial charge in [-0.3, -0.25) is 19.3 Å². The van der Waals surface area contributed by atoms with Crippen molar-refractivity contribution in [3.63, 3.8) is 0 Å². The summed E-state index contributed by atoms with van der Waals surface area (Å²) in [5.41, 5.74) is 9.09. The van der Waals surface area contributed by atoms with Gasteiger partial charge in [-0.05, 0) is 36.0 Å². The molecule has 1 aliphatic heterocycles. The molecule has 0 aliphatic carbocycles. The van der Waals surface area contributed by atoms with Gasteiger partial charge >= 0.3 is 0 Å². The van der Waals surface area contributed by atoms with Crippen molar-refractivity contribution in [2.75, 3.05) is 6.54 Å². The van der Waals surface area contributed by atoms with E-state index in [-0.39, 0.29) is 40.9 Å². The molecule has 0 bridgehead atoms. The van der Waals surface area contributed by atoms with Crippen LogP contribution in [0.15, 0.2) is 23.3 Å². The second-order valence-corrected chi connectivity index (χ2v) is 5.24. The third-order valence-corrected chi connectivity index (χ3v) is 3.57. The Kier molecular flexibility index (Phi) is 5.14. The number of amides is 2. The first-order valence-corrected chi connectivity index (χ1v) is 7.16. The highest BCUT2D eigenvalue weighted by atomic mass is 35.5. The largest absolute Gasteiger partial charge is 0.281 e. The molecule has 0 atom stereocenters. The summed E-state index contributed by atoms with van der Waals surface area (Å²) >= 11 is 5.24. The van der Waals surface area contributed by atoms with E-state index in [1.54, 1.807) is 6.07 Å². The Balaban J connectivity index is 2.06. The fourth-order valence-corrected chi connectivity index (χ4v) is 2.49. The predicted molar refractivity (Wildman–Crippen MR) is 79.9 cm³/mol. The molecule has 0 unspecified atom stereocenters. The normalized spacial score (nSPS) is 13.0. The summed E-state index contributed by atoms with van der Waals surface area (Å²) in [7, 11) is 0. The average molecular weight is 321 g/mol. The van der Waals surface area contributed by atoms with Crippen LogP contribution in [0.2, 0.25) is 0 Å². The maximum Gasteiger partial charge on any atom is 0.262 e. The first kappa shape index (κ1) is 16.0. The molecule has 0 saturated heterocycles. The van der Waals surface area contributed by atoms with E-state index in [0.29, 0.717) is 19.3 Å². The standard InChI is InChI=1S/C14H13ClN4O3/c15-11(20)7-2-1-3-8-19-13(21)9-5-4-6-10(17-18-16)12(9)14(19)22/h4-6H,1-3,7-8H2. The molecule has 1 heterocycles. The van der Waals surface area contributed by atoms with Gasteiger partial charge in [0.25, 0.3) is 11.8 Å². The molecule has 2 rings (SSSR count). The maximum atomic E-state index is 12.3. The van der Waals surface area contributed by atoms with Crippen LogP contribution in [0.5, 0.6) is 0 Å². The van der Waals surface area contributed by atoms with Crippen LogP contribution in [0.25, 0.3) is 10.4 Å². The molecule has 0 spiro atoms. The van der Waals surface area contributed by atoms with Crippen LogP contribution in [0.1, 0.15) is 46.4 Å². The first-order valence-electron chi connectivity index (χ1n) is 6.79. The van der Waals surface area contributed by atoms with Gasteiger partial charge in [-0.25, -0.2) is 0 Å². The second kappa shape index (κ2) is 7.06. The van der Waals surface area contributed by atoms with Gasteiger partial charge < -0.3 is 0 Å².